The molecule has 21 heavy (non-hydrogen) atoms. The van der Waals surface area contributed by atoms with Gasteiger partial charge in [-0.05, 0) is 25.6 Å². The molecule has 6 heteroatoms. The van der Waals surface area contributed by atoms with Crippen LogP contribution in [0.1, 0.15) is 25.5 Å². The third-order valence-corrected chi connectivity index (χ3v) is 3.52. The molecule has 0 heterocycles. The van der Waals surface area contributed by atoms with E-state index in [1.54, 1.807) is 32.2 Å². The second-order valence-corrected chi connectivity index (χ2v) is 5.21. The molecule has 120 valence electrons. The minimum absolute atomic E-state index is 0.158. The lowest BCUT2D eigenvalue weighted by Gasteiger charge is -2.30. The highest BCUT2D eigenvalue weighted by Gasteiger charge is 2.31. The Bertz CT molecular complexity index is 434. The van der Waals surface area contributed by atoms with Crippen LogP contribution < -0.4 is 5.32 Å². The van der Waals surface area contributed by atoms with Crippen LogP contribution in [0.3, 0.4) is 0 Å². The molecule has 0 saturated heterocycles. The van der Waals surface area contributed by atoms with Gasteiger partial charge in [0.25, 0.3) is 0 Å². The number of hydrogen-bond donors (Lipinski definition) is 1. The van der Waals surface area contributed by atoms with Gasteiger partial charge in [-0.25, -0.2) is 4.39 Å². The molecule has 0 spiro atoms. The predicted octanol–water partition coefficient (Wildman–Crippen LogP) is 3.61. The Kier molecular flexibility index (Phi) is 6.61. The van der Waals surface area contributed by atoms with Crippen molar-refractivity contribution in [3.63, 3.8) is 0 Å². The Morgan fingerprint density at radius 1 is 1.24 bits per heavy atom. The van der Waals surface area contributed by atoms with Crippen LogP contribution in [-0.4, -0.2) is 37.8 Å². The summed E-state index contributed by atoms with van der Waals surface area (Å²) in [5.41, 5.74) is 0.482. The van der Waals surface area contributed by atoms with Crippen molar-refractivity contribution in [2.24, 2.45) is 5.92 Å². The first-order chi connectivity index (χ1) is 9.78. The second kappa shape index (κ2) is 7.75. The monoisotopic (exact) mass is 306 g/mol. The van der Waals surface area contributed by atoms with Gasteiger partial charge in [-0.15, -0.1) is 0 Å². The van der Waals surface area contributed by atoms with Gasteiger partial charge in [-0.3, -0.25) is 4.90 Å². The van der Waals surface area contributed by atoms with E-state index in [4.69, 9.17) is 0 Å². The van der Waals surface area contributed by atoms with Crippen LogP contribution >= 0.6 is 0 Å². The van der Waals surface area contributed by atoms with Gasteiger partial charge in [0.1, 0.15) is 5.82 Å². The van der Waals surface area contributed by atoms with Crippen molar-refractivity contribution in [2.75, 3.05) is 26.7 Å². The number of rotatable bonds is 7. The summed E-state index contributed by atoms with van der Waals surface area (Å²) in [7, 11) is 1.69. The van der Waals surface area contributed by atoms with Gasteiger partial charge in [-0.1, -0.05) is 32.0 Å². The molecule has 0 radical (unpaired) electrons. The summed E-state index contributed by atoms with van der Waals surface area (Å²) in [4.78, 5) is 1.33. The van der Waals surface area contributed by atoms with E-state index in [2.05, 4.69) is 5.32 Å². The predicted molar refractivity (Wildman–Crippen MR) is 75.5 cm³/mol. The highest BCUT2D eigenvalue weighted by atomic mass is 19.4. The molecule has 2 unspecified atom stereocenters. The molecule has 1 aromatic carbocycles. The number of nitrogens with zero attached hydrogens (tertiary/aromatic N) is 1. The maximum absolute atomic E-state index is 13.8. The lowest BCUT2D eigenvalue weighted by Crippen LogP contribution is -2.40. The molecule has 0 aliphatic carbocycles. The lowest BCUT2D eigenvalue weighted by molar-refractivity contribution is -0.146. The first-order valence-electron chi connectivity index (χ1n) is 6.99. The highest BCUT2D eigenvalue weighted by Crippen LogP contribution is 2.26. The van der Waals surface area contributed by atoms with Gasteiger partial charge >= 0.3 is 6.18 Å². The molecular weight excluding hydrogens is 284 g/mol. The van der Waals surface area contributed by atoms with Gasteiger partial charge in [0.15, 0.2) is 0 Å². The average molecular weight is 306 g/mol. The molecule has 0 aliphatic rings. The average Bonchev–Trinajstić information content (AvgIpc) is 2.39. The SMILES string of the molecule is CCN(CC(C)C(NC)c1ccccc1F)CC(F)(F)F. The molecule has 0 aromatic heterocycles. The zero-order valence-corrected chi connectivity index (χ0v) is 12.5. The molecule has 1 N–H and O–H groups in total. The molecule has 0 amide bonds. The summed E-state index contributed by atoms with van der Waals surface area (Å²) in [6, 6.07) is 6.02. The van der Waals surface area contributed by atoms with Gasteiger partial charge < -0.3 is 5.32 Å². The summed E-state index contributed by atoms with van der Waals surface area (Å²) in [6.45, 7) is 3.12. The Morgan fingerprint density at radius 2 is 1.86 bits per heavy atom. The van der Waals surface area contributed by atoms with Gasteiger partial charge in [-0.2, -0.15) is 13.2 Å². The van der Waals surface area contributed by atoms with Gasteiger partial charge in [0.05, 0.1) is 6.54 Å². The molecule has 0 fully saturated rings. The maximum Gasteiger partial charge on any atom is 0.401 e. The van der Waals surface area contributed by atoms with Crippen LogP contribution in [0.15, 0.2) is 24.3 Å². The third-order valence-electron chi connectivity index (χ3n) is 3.52. The Morgan fingerprint density at radius 3 is 2.33 bits per heavy atom. The van der Waals surface area contributed by atoms with Crippen molar-refractivity contribution in [1.29, 1.82) is 0 Å². The quantitative estimate of drug-likeness (QED) is 0.774. The fourth-order valence-electron chi connectivity index (χ4n) is 2.55. The van der Waals surface area contributed by atoms with Gasteiger partial charge in [0.2, 0.25) is 0 Å². The molecular formula is C15H22F4N2. The number of nitrogens with one attached hydrogen (secondary N) is 1. The van der Waals surface area contributed by atoms with Crippen LogP contribution in [0.5, 0.6) is 0 Å². The molecule has 1 aromatic rings. The zero-order valence-electron chi connectivity index (χ0n) is 12.5. The van der Waals surface area contributed by atoms with Crippen molar-refractivity contribution < 1.29 is 17.6 Å². The molecule has 0 saturated carbocycles. The summed E-state index contributed by atoms with van der Waals surface area (Å²) >= 11 is 0. The minimum Gasteiger partial charge on any atom is -0.313 e. The highest BCUT2D eigenvalue weighted by molar-refractivity contribution is 5.21. The number of hydrogen-bond acceptors (Lipinski definition) is 2. The lowest BCUT2D eigenvalue weighted by atomic mass is 9.93. The van der Waals surface area contributed by atoms with Crippen LogP contribution in [-0.2, 0) is 0 Å². The molecule has 2 atom stereocenters. The van der Waals surface area contributed by atoms with E-state index < -0.39 is 12.7 Å². The van der Waals surface area contributed by atoms with E-state index in [0.717, 1.165) is 0 Å². The van der Waals surface area contributed by atoms with Gasteiger partial charge in [0, 0.05) is 18.2 Å². The largest absolute Gasteiger partial charge is 0.401 e. The minimum atomic E-state index is -4.22. The molecule has 0 aliphatic heterocycles. The molecule has 0 bridgehead atoms. The first kappa shape index (κ1) is 17.9. The number of benzene rings is 1. The fourth-order valence-corrected chi connectivity index (χ4v) is 2.55. The van der Waals surface area contributed by atoms with E-state index in [-0.39, 0.29) is 24.3 Å². The summed E-state index contributed by atoms with van der Waals surface area (Å²) in [5, 5.41) is 3.00. The Labute approximate surface area is 123 Å². The topological polar surface area (TPSA) is 15.3 Å². The summed E-state index contributed by atoms with van der Waals surface area (Å²) in [6.07, 6.45) is -4.22. The van der Waals surface area contributed by atoms with E-state index in [9.17, 15) is 17.6 Å². The van der Waals surface area contributed by atoms with Crippen molar-refractivity contribution in [3.05, 3.63) is 35.6 Å². The molecule has 1 rings (SSSR count). The van der Waals surface area contributed by atoms with Crippen LogP contribution in [0.4, 0.5) is 17.6 Å². The standard InChI is InChI=1S/C15H22F4N2/c1-4-21(10-15(17,18)19)9-11(2)14(20-3)12-7-5-6-8-13(12)16/h5-8,11,14,20H,4,9-10H2,1-3H3. The zero-order chi connectivity index (χ0) is 16.0. The van der Waals surface area contributed by atoms with E-state index in [1.165, 1.54) is 11.0 Å². The van der Waals surface area contributed by atoms with E-state index in [1.807, 2.05) is 6.92 Å². The van der Waals surface area contributed by atoms with Crippen molar-refractivity contribution in [3.8, 4) is 0 Å². The molecule has 2 nitrogen and oxygen atoms in total. The van der Waals surface area contributed by atoms with Crippen molar-refractivity contribution in [2.45, 2.75) is 26.1 Å². The normalized spacial score (nSPS) is 15.2. The van der Waals surface area contributed by atoms with E-state index >= 15 is 0 Å². The first-order valence-corrected chi connectivity index (χ1v) is 6.99. The van der Waals surface area contributed by atoms with Crippen LogP contribution in [0.25, 0.3) is 0 Å². The van der Waals surface area contributed by atoms with E-state index in [0.29, 0.717) is 12.1 Å². The third kappa shape index (κ3) is 5.63. The summed E-state index contributed by atoms with van der Waals surface area (Å²) in [5.74, 6) is -0.503. The second-order valence-electron chi connectivity index (χ2n) is 5.21. The fraction of sp³-hybridized carbons (Fsp3) is 0.600. The van der Waals surface area contributed by atoms with Crippen molar-refractivity contribution in [1.82, 2.24) is 10.2 Å². The Balaban J connectivity index is 2.79. The summed E-state index contributed by atoms with van der Waals surface area (Å²) < 4.78 is 51.3. The number of halogens is 4. The van der Waals surface area contributed by atoms with Crippen LogP contribution in [0, 0.1) is 11.7 Å². The number of alkyl halides is 3. The van der Waals surface area contributed by atoms with Crippen LogP contribution in [0.2, 0.25) is 0 Å². The Hall–Kier alpha value is -1.14. The maximum atomic E-state index is 13.8. The smallest absolute Gasteiger partial charge is 0.313 e. The van der Waals surface area contributed by atoms with Crippen molar-refractivity contribution >= 4 is 0 Å².